The number of aromatic nitrogens is 2. The normalized spacial score (nSPS) is 11.8. The standard InChI is InChI=1S/C14H21ClN4S/c1-5-10-8-11-12(16-6-7-19(4)9(2)3)17-14(15)18-13(11)20-10/h8-9H,5-7H2,1-4H3,(H,16,17,18). The molecular formula is C14H21ClN4S. The van der Waals surface area contributed by atoms with Crippen LogP contribution in [-0.2, 0) is 6.42 Å². The van der Waals surface area contributed by atoms with E-state index in [4.69, 9.17) is 11.6 Å². The van der Waals surface area contributed by atoms with Crippen molar-refractivity contribution in [1.82, 2.24) is 14.9 Å². The van der Waals surface area contributed by atoms with Crippen LogP contribution in [0.1, 0.15) is 25.6 Å². The van der Waals surface area contributed by atoms with Crippen LogP contribution < -0.4 is 5.32 Å². The van der Waals surface area contributed by atoms with Crippen molar-refractivity contribution in [3.05, 3.63) is 16.2 Å². The van der Waals surface area contributed by atoms with Crippen LogP contribution in [0.2, 0.25) is 5.28 Å². The van der Waals surface area contributed by atoms with E-state index in [-0.39, 0.29) is 0 Å². The van der Waals surface area contributed by atoms with E-state index in [1.54, 1.807) is 11.3 Å². The van der Waals surface area contributed by atoms with Gasteiger partial charge in [0, 0.05) is 24.0 Å². The molecule has 4 nitrogen and oxygen atoms in total. The zero-order valence-corrected chi connectivity index (χ0v) is 14.0. The Balaban J connectivity index is 2.14. The summed E-state index contributed by atoms with van der Waals surface area (Å²) in [6.07, 6.45) is 1.01. The van der Waals surface area contributed by atoms with Gasteiger partial charge in [-0.1, -0.05) is 6.92 Å². The molecule has 110 valence electrons. The third-order valence-electron chi connectivity index (χ3n) is 3.40. The van der Waals surface area contributed by atoms with Crippen LogP contribution in [0, 0.1) is 0 Å². The van der Waals surface area contributed by atoms with Gasteiger partial charge in [0.2, 0.25) is 5.28 Å². The van der Waals surface area contributed by atoms with Crippen molar-refractivity contribution in [2.75, 3.05) is 25.5 Å². The largest absolute Gasteiger partial charge is 0.368 e. The third kappa shape index (κ3) is 3.59. The lowest BCUT2D eigenvalue weighted by Gasteiger charge is -2.21. The Morgan fingerprint density at radius 2 is 2.15 bits per heavy atom. The van der Waals surface area contributed by atoms with E-state index in [2.05, 4.69) is 54.1 Å². The Hall–Kier alpha value is -0.910. The van der Waals surface area contributed by atoms with Crippen molar-refractivity contribution in [1.29, 1.82) is 0 Å². The summed E-state index contributed by atoms with van der Waals surface area (Å²) in [5, 5.41) is 4.76. The predicted octanol–water partition coefficient (Wildman–Crippen LogP) is 3.66. The molecule has 0 aliphatic carbocycles. The summed E-state index contributed by atoms with van der Waals surface area (Å²) in [5.74, 6) is 0.841. The average molecular weight is 313 g/mol. The molecule has 0 atom stereocenters. The van der Waals surface area contributed by atoms with Crippen LogP contribution in [0.4, 0.5) is 5.82 Å². The number of thiophene rings is 1. The van der Waals surface area contributed by atoms with Gasteiger partial charge in [0.1, 0.15) is 10.6 Å². The maximum absolute atomic E-state index is 6.00. The minimum Gasteiger partial charge on any atom is -0.368 e. The first-order valence-electron chi connectivity index (χ1n) is 6.91. The fourth-order valence-corrected chi connectivity index (χ4v) is 3.05. The zero-order chi connectivity index (χ0) is 14.7. The van der Waals surface area contributed by atoms with Gasteiger partial charge in [0.05, 0.1) is 5.39 Å². The molecule has 2 aromatic heterocycles. The molecule has 2 aromatic rings. The van der Waals surface area contributed by atoms with Gasteiger partial charge in [-0.15, -0.1) is 11.3 Å². The number of nitrogens with zero attached hydrogens (tertiary/aromatic N) is 3. The number of rotatable bonds is 6. The maximum Gasteiger partial charge on any atom is 0.225 e. The number of fused-ring (bicyclic) bond motifs is 1. The Morgan fingerprint density at radius 3 is 2.80 bits per heavy atom. The highest BCUT2D eigenvalue weighted by Gasteiger charge is 2.10. The molecule has 6 heteroatoms. The second kappa shape index (κ2) is 6.70. The van der Waals surface area contributed by atoms with Crippen molar-refractivity contribution in [2.45, 2.75) is 33.2 Å². The molecule has 20 heavy (non-hydrogen) atoms. The van der Waals surface area contributed by atoms with Crippen LogP contribution in [0.15, 0.2) is 6.07 Å². The molecule has 0 aliphatic rings. The molecule has 0 spiro atoms. The van der Waals surface area contributed by atoms with Crippen LogP contribution in [0.5, 0.6) is 0 Å². The minimum absolute atomic E-state index is 0.307. The van der Waals surface area contributed by atoms with E-state index in [0.29, 0.717) is 11.3 Å². The number of likely N-dealkylation sites (N-methyl/N-ethyl adjacent to an activating group) is 1. The van der Waals surface area contributed by atoms with Crippen molar-refractivity contribution in [3.63, 3.8) is 0 Å². The van der Waals surface area contributed by atoms with Crippen molar-refractivity contribution in [3.8, 4) is 0 Å². The molecule has 2 heterocycles. The number of aryl methyl sites for hydroxylation is 1. The van der Waals surface area contributed by atoms with Crippen LogP contribution in [0.25, 0.3) is 10.2 Å². The molecule has 0 aliphatic heterocycles. The summed E-state index contributed by atoms with van der Waals surface area (Å²) in [5.41, 5.74) is 0. The van der Waals surface area contributed by atoms with Gasteiger partial charge in [0.15, 0.2) is 0 Å². The lowest BCUT2D eigenvalue weighted by molar-refractivity contribution is 0.284. The summed E-state index contributed by atoms with van der Waals surface area (Å²) in [4.78, 5) is 13.2. The highest BCUT2D eigenvalue weighted by atomic mass is 35.5. The molecule has 0 bridgehead atoms. The summed E-state index contributed by atoms with van der Waals surface area (Å²) < 4.78 is 0. The summed E-state index contributed by atoms with van der Waals surface area (Å²) in [6, 6.07) is 2.70. The van der Waals surface area contributed by atoms with E-state index >= 15 is 0 Å². The van der Waals surface area contributed by atoms with Gasteiger partial charge in [-0.25, -0.2) is 9.97 Å². The Bertz CT molecular complexity index is 582. The summed E-state index contributed by atoms with van der Waals surface area (Å²) in [7, 11) is 2.12. The van der Waals surface area contributed by atoms with Crippen LogP contribution in [-0.4, -0.2) is 41.0 Å². The molecule has 1 N–H and O–H groups in total. The third-order valence-corrected chi connectivity index (χ3v) is 4.75. The number of halogens is 1. The zero-order valence-electron chi connectivity index (χ0n) is 12.4. The number of nitrogens with one attached hydrogen (secondary N) is 1. The van der Waals surface area contributed by atoms with Crippen LogP contribution >= 0.6 is 22.9 Å². The molecule has 0 saturated carbocycles. The van der Waals surface area contributed by atoms with E-state index in [1.165, 1.54) is 4.88 Å². The van der Waals surface area contributed by atoms with E-state index < -0.39 is 0 Å². The monoisotopic (exact) mass is 312 g/mol. The Morgan fingerprint density at radius 1 is 1.40 bits per heavy atom. The van der Waals surface area contributed by atoms with Gasteiger partial charge < -0.3 is 10.2 Å². The van der Waals surface area contributed by atoms with Gasteiger partial charge >= 0.3 is 0 Å². The Kier molecular flexibility index (Phi) is 5.18. The minimum atomic E-state index is 0.307. The molecule has 0 amide bonds. The topological polar surface area (TPSA) is 41.0 Å². The quantitative estimate of drug-likeness (QED) is 0.827. The number of hydrogen-bond acceptors (Lipinski definition) is 5. The molecule has 0 saturated heterocycles. The first-order chi connectivity index (χ1) is 9.51. The average Bonchev–Trinajstić information content (AvgIpc) is 2.81. The first-order valence-corrected chi connectivity index (χ1v) is 8.10. The smallest absolute Gasteiger partial charge is 0.225 e. The van der Waals surface area contributed by atoms with Gasteiger partial charge in [-0.2, -0.15) is 0 Å². The lowest BCUT2D eigenvalue weighted by atomic mass is 10.3. The number of hydrogen-bond donors (Lipinski definition) is 1. The maximum atomic E-state index is 6.00. The highest BCUT2D eigenvalue weighted by molar-refractivity contribution is 7.18. The van der Waals surface area contributed by atoms with Gasteiger partial charge in [-0.05, 0) is 45.0 Å². The summed E-state index contributed by atoms with van der Waals surface area (Å²) >= 11 is 7.69. The van der Waals surface area contributed by atoms with Gasteiger partial charge in [0.25, 0.3) is 0 Å². The molecule has 0 unspecified atom stereocenters. The lowest BCUT2D eigenvalue weighted by Crippen LogP contribution is -2.31. The highest BCUT2D eigenvalue weighted by Crippen LogP contribution is 2.30. The van der Waals surface area contributed by atoms with E-state index in [1.807, 2.05) is 0 Å². The van der Waals surface area contributed by atoms with Crippen molar-refractivity contribution in [2.24, 2.45) is 0 Å². The first kappa shape index (κ1) is 15.5. The molecular weight excluding hydrogens is 292 g/mol. The fourth-order valence-electron chi connectivity index (χ4n) is 1.86. The van der Waals surface area contributed by atoms with E-state index in [9.17, 15) is 0 Å². The number of anilines is 1. The molecule has 0 radical (unpaired) electrons. The summed E-state index contributed by atoms with van der Waals surface area (Å²) in [6.45, 7) is 8.32. The van der Waals surface area contributed by atoms with E-state index in [0.717, 1.165) is 35.5 Å². The van der Waals surface area contributed by atoms with Crippen molar-refractivity contribution >= 4 is 39.0 Å². The fraction of sp³-hybridized carbons (Fsp3) is 0.571. The molecule has 0 fully saturated rings. The molecule has 2 rings (SSSR count). The van der Waals surface area contributed by atoms with Gasteiger partial charge in [-0.3, -0.25) is 0 Å². The molecule has 0 aromatic carbocycles. The second-order valence-electron chi connectivity index (χ2n) is 5.13. The SMILES string of the molecule is CCc1cc2c(NCCN(C)C(C)C)nc(Cl)nc2s1. The van der Waals surface area contributed by atoms with Crippen LogP contribution in [0.3, 0.4) is 0 Å². The van der Waals surface area contributed by atoms with Crippen molar-refractivity contribution < 1.29 is 0 Å². The predicted molar refractivity (Wildman–Crippen MR) is 88.1 cm³/mol. The second-order valence-corrected chi connectivity index (χ2v) is 6.58. The Labute approximate surface area is 129 Å².